The minimum Gasteiger partial charge on any atom is -0.465 e. The number of rotatable bonds is 9. The molecular weight excluding hydrogens is 300 g/mol. The fourth-order valence-electron chi connectivity index (χ4n) is 2.69. The van der Waals surface area contributed by atoms with Gasteiger partial charge in [0.2, 0.25) is 0 Å². The number of hydrogen-bond acceptors (Lipinski definition) is 4. The van der Waals surface area contributed by atoms with E-state index in [-0.39, 0.29) is 23.8 Å². The Labute approximate surface area is 143 Å². The van der Waals surface area contributed by atoms with E-state index in [1.807, 2.05) is 6.92 Å². The van der Waals surface area contributed by atoms with Crippen LogP contribution in [0.2, 0.25) is 0 Å². The highest BCUT2D eigenvalue weighted by Crippen LogP contribution is 2.29. The van der Waals surface area contributed by atoms with E-state index >= 15 is 0 Å². The summed E-state index contributed by atoms with van der Waals surface area (Å²) in [6.07, 6.45) is 4.98. The lowest BCUT2D eigenvalue weighted by atomic mass is 9.82. The van der Waals surface area contributed by atoms with Crippen LogP contribution in [0.25, 0.3) is 0 Å². The molecule has 22 heavy (non-hydrogen) atoms. The molecule has 0 bridgehead atoms. The van der Waals surface area contributed by atoms with Gasteiger partial charge >= 0.3 is 5.97 Å². The van der Waals surface area contributed by atoms with Crippen LogP contribution in [0.15, 0.2) is 0 Å². The van der Waals surface area contributed by atoms with Crippen molar-refractivity contribution in [2.24, 2.45) is 5.41 Å². The van der Waals surface area contributed by atoms with Crippen molar-refractivity contribution in [3.63, 3.8) is 0 Å². The van der Waals surface area contributed by atoms with Crippen LogP contribution in [0, 0.1) is 5.41 Å². The molecule has 132 valence electrons. The maximum Gasteiger partial charge on any atom is 0.311 e. The Bertz CT molecular complexity index is 307. The summed E-state index contributed by atoms with van der Waals surface area (Å²) in [4.78, 5) is 17.1. The normalized spacial score (nSPS) is 19.3. The second-order valence-electron chi connectivity index (χ2n) is 6.65. The van der Waals surface area contributed by atoms with E-state index < -0.39 is 0 Å². The van der Waals surface area contributed by atoms with Crippen molar-refractivity contribution in [1.82, 2.24) is 9.80 Å². The first-order valence-electron chi connectivity index (χ1n) is 8.60. The third-order valence-corrected chi connectivity index (χ3v) is 4.80. The predicted molar refractivity (Wildman–Crippen MR) is 94.7 cm³/mol. The highest BCUT2D eigenvalue weighted by atomic mass is 35.5. The molecule has 1 fully saturated rings. The van der Waals surface area contributed by atoms with Crippen molar-refractivity contribution >= 4 is 18.4 Å². The molecule has 1 saturated heterocycles. The molecule has 1 heterocycles. The average molecular weight is 335 g/mol. The molecule has 0 amide bonds. The number of ether oxygens (including phenoxy) is 1. The lowest BCUT2D eigenvalue weighted by Crippen LogP contribution is -2.44. The van der Waals surface area contributed by atoms with Crippen molar-refractivity contribution in [3.05, 3.63) is 0 Å². The Hall–Kier alpha value is -0.320. The number of halogens is 1. The monoisotopic (exact) mass is 334 g/mol. The second kappa shape index (κ2) is 11.3. The van der Waals surface area contributed by atoms with Crippen molar-refractivity contribution < 1.29 is 9.53 Å². The van der Waals surface area contributed by atoms with Gasteiger partial charge in [-0.15, -0.1) is 12.4 Å². The Morgan fingerprint density at radius 2 is 1.77 bits per heavy atom. The highest BCUT2D eigenvalue weighted by Gasteiger charge is 2.32. The molecule has 0 radical (unpaired) electrons. The molecule has 0 N–H and O–H groups in total. The van der Waals surface area contributed by atoms with Gasteiger partial charge < -0.3 is 14.5 Å². The topological polar surface area (TPSA) is 32.8 Å². The summed E-state index contributed by atoms with van der Waals surface area (Å²) in [6, 6.07) is 0. The van der Waals surface area contributed by atoms with Crippen molar-refractivity contribution in [2.45, 2.75) is 52.9 Å². The maximum atomic E-state index is 12.3. The lowest BCUT2D eigenvalue weighted by molar-refractivity contribution is -0.156. The fourth-order valence-corrected chi connectivity index (χ4v) is 2.69. The number of carbonyl (C=O) groups excluding carboxylic acids is 1. The van der Waals surface area contributed by atoms with Gasteiger partial charge in [0.15, 0.2) is 0 Å². The number of likely N-dealkylation sites (N-methyl/N-ethyl adjacent to an activating group) is 1. The van der Waals surface area contributed by atoms with Gasteiger partial charge in [-0.05, 0) is 33.2 Å². The second-order valence-corrected chi connectivity index (χ2v) is 6.65. The third kappa shape index (κ3) is 7.30. The maximum absolute atomic E-state index is 12.3. The molecule has 1 aliphatic rings. The summed E-state index contributed by atoms with van der Waals surface area (Å²) >= 11 is 0. The van der Waals surface area contributed by atoms with E-state index in [0.29, 0.717) is 6.61 Å². The Kier molecular flexibility index (Phi) is 11.1. The number of piperazine rings is 1. The van der Waals surface area contributed by atoms with Gasteiger partial charge in [-0.25, -0.2) is 0 Å². The first kappa shape index (κ1) is 21.7. The van der Waals surface area contributed by atoms with E-state index in [1.54, 1.807) is 0 Å². The summed E-state index contributed by atoms with van der Waals surface area (Å²) in [5.41, 5.74) is -0.288. The molecule has 1 atom stereocenters. The van der Waals surface area contributed by atoms with Crippen LogP contribution in [0.1, 0.15) is 52.9 Å². The van der Waals surface area contributed by atoms with Gasteiger partial charge in [0, 0.05) is 32.7 Å². The highest BCUT2D eigenvalue weighted by molar-refractivity contribution is 5.85. The van der Waals surface area contributed by atoms with Gasteiger partial charge in [0.05, 0.1) is 12.0 Å². The summed E-state index contributed by atoms with van der Waals surface area (Å²) in [5.74, 6) is -0.00294. The fraction of sp³-hybridized carbons (Fsp3) is 0.941. The number of nitrogens with zero attached hydrogens (tertiary/aromatic N) is 2. The van der Waals surface area contributed by atoms with Gasteiger partial charge in [-0.3, -0.25) is 4.79 Å². The van der Waals surface area contributed by atoms with E-state index in [9.17, 15) is 4.79 Å². The van der Waals surface area contributed by atoms with Crippen LogP contribution in [-0.4, -0.2) is 62.1 Å². The molecule has 5 heteroatoms. The minimum absolute atomic E-state index is 0. The quantitative estimate of drug-likeness (QED) is 0.479. The van der Waals surface area contributed by atoms with Crippen LogP contribution in [-0.2, 0) is 9.53 Å². The van der Waals surface area contributed by atoms with E-state index in [4.69, 9.17) is 4.74 Å². The zero-order valence-electron chi connectivity index (χ0n) is 14.9. The standard InChI is InChI=1S/C17H34N2O2.ClH/c1-5-7-9-17(3,6-2)16(20)21-15-8-10-19-13-11-18(4)12-14-19;/h5-15H2,1-4H3;1H. The number of unbranched alkanes of at least 4 members (excludes halogenated alkanes) is 1. The van der Waals surface area contributed by atoms with Crippen LogP contribution in [0.5, 0.6) is 0 Å². The van der Waals surface area contributed by atoms with Crippen LogP contribution < -0.4 is 0 Å². The summed E-state index contributed by atoms with van der Waals surface area (Å²) < 4.78 is 5.53. The first-order chi connectivity index (χ1) is 10.0. The van der Waals surface area contributed by atoms with Crippen LogP contribution >= 0.6 is 12.4 Å². The summed E-state index contributed by atoms with van der Waals surface area (Å²) in [5, 5.41) is 0. The molecule has 1 rings (SSSR count). The van der Waals surface area contributed by atoms with Gasteiger partial charge in [-0.2, -0.15) is 0 Å². The van der Waals surface area contributed by atoms with Crippen LogP contribution in [0.4, 0.5) is 0 Å². The Morgan fingerprint density at radius 1 is 1.14 bits per heavy atom. The summed E-state index contributed by atoms with van der Waals surface area (Å²) in [6.45, 7) is 12.5. The van der Waals surface area contributed by atoms with Gasteiger partial charge in [-0.1, -0.05) is 26.7 Å². The molecular formula is C17H35ClN2O2. The van der Waals surface area contributed by atoms with Gasteiger partial charge in [0.25, 0.3) is 0 Å². The minimum atomic E-state index is -0.288. The molecule has 1 aliphatic heterocycles. The molecule has 0 saturated carbocycles. The largest absolute Gasteiger partial charge is 0.465 e. The van der Waals surface area contributed by atoms with E-state index in [0.717, 1.165) is 64.8 Å². The third-order valence-electron chi connectivity index (χ3n) is 4.80. The smallest absolute Gasteiger partial charge is 0.311 e. The van der Waals surface area contributed by atoms with Crippen molar-refractivity contribution in [1.29, 1.82) is 0 Å². The molecule has 1 unspecified atom stereocenters. The number of carbonyl (C=O) groups is 1. The average Bonchev–Trinajstić information content (AvgIpc) is 2.50. The zero-order chi connectivity index (χ0) is 15.7. The molecule has 4 nitrogen and oxygen atoms in total. The zero-order valence-corrected chi connectivity index (χ0v) is 15.7. The van der Waals surface area contributed by atoms with Crippen molar-refractivity contribution in [2.75, 3.05) is 46.4 Å². The molecule has 0 spiro atoms. The van der Waals surface area contributed by atoms with E-state index in [2.05, 4.69) is 30.7 Å². The Balaban J connectivity index is 0.00000441. The lowest BCUT2D eigenvalue weighted by Gasteiger charge is -2.32. The predicted octanol–water partition coefficient (Wildman–Crippen LogP) is 3.20. The first-order valence-corrected chi connectivity index (χ1v) is 8.60. The Morgan fingerprint density at radius 3 is 2.32 bits per heavy atom. The molecule has 0 aromatic heterocycles. The number of hydrogen-bond donors (Lipinski definition) is 0. The molecule has 0 aromatic rings. The van der Waals surface area contributed by atoms with Crippen LogP contribution in [0.3, 0.4) is 0 Å². The number of esters is 1. The SMILES string of the molecule is CCCCC(C)(CC)C(=O)OCCCN1CCN(C)CC1.Cl. The van der Waals surface area contributed by atoms with Gasteiger partial charge in [0.1, 0.15) is 0 Å². The van der Waals surface area contributed by atoms with Crippen molar-refractivity contribution in [3.8, 4) is 0 Å². The summed E-state index contributed by atoms with van der Waals surface area (Å²) in [7, 11) is 2.17. The molecule has 0 aliphatic carbocycles. The molecule has 0 aromatic carbocycles. The van der Waals surface area contributed by atoms with E-state index in [1.165, 1.54) is 0 Å².